The van der Waals surface area contributed by atoms with Crippen LogP contribution in [-0.4, -0.2) is 56.9 Å². The van der Waals surface area contributed by atoms with Crippen molar-refractivity contribution in [3.8, 4) is 0 Å². The van der Waals surface area contributed by atoms with Crippen molar-refractivity contribution in [2.75, 3.05) is 14.1 Å². The van der Waals surface area contributed by atoms with Crippen LogP contribution in [0.4, 0.5) is 0 Å². The van der Waals surface area contributed by atoms with Gasteiger partial charge in [-0.1, -0.05) is 5.21 Å². The van der Waals surface area contributed by atoms with E-state index in [-0.39, 0.29) is 30.5 Å². The molecule has 2 aromatic rings. The summed E-state index contributed by atoms with van der Waals surface area (Å²) in [7, 11) is 3.23. The summed E-state index contributed by atoms with van der Waals surface area (Å²) in [4.78, 5) is 35.5. The van der Waals surface area contributed by atoms with Crippen molar-refractivity contribution in [2.45, 2.75) is 13.1 Å². The zero-order chi connectivity index (χ0) is 17.0. The normalized spacial score (nSPS) is 10.3. The van der Waals surface area contributed by atoms with E-state index in [0.717, 1.165) is 0 Å². The summed E-state index contributed by atoms with van der Waals surface area (Å²) in [5, 5.41) is 18.6. The lowest BCUT2D eigenvalue weighted by Crippen LogP contribution is -2.26. The topological polar surface area (TPSA) is 131 Å². The highest BCUT2D eigenvalue weighted by molar-refractivity contribution is 5.91. The van der Waals surface area contributed by atoms with Crippen LogP contribution in [0.3, 0.4) is 0 Å². The molecule has 0 aromatic carbocycles. The van der Waals surface area contributed by atoms with E-state index in [2.05, 4.69) is 15.6 Å². The van der Waals surface area contributed by atoms with Crippen LogP contribution in [0.2, 0.25) is 0 Å². The van der Waals surface area contributed by atoms with E-state index < -0.39 is 11.9 Å². The van der Waals surface area contributed by atoms with Gasteiger partial charge in [0, 0.05) is 14.1 Å². The first-order chi connectivity index (χ1) is 10.9. The Morgan fingerprint density at radius 3 is 2.70 bits per heavy atom. The van der Waals surface area contributed by atoms with Crippen LogP contribution in [0.5, 0.6) is 0 Å². The molecule has 0 bridgehead atoms. The maximum absolute atomic E-state index is 11.9. The fourth-order valence-electron chi connectivity index (χ4n) is 1.61. The lowest BCUT2D eigenvalue weighted by atomic mass is 10.4. The highest BCUT2D eigenvalue weighted by atomic mass is 16.4. The molecule has 2 heterocycles. The van der Waals surface area contributed by atoms with Crippen molar-refractivity contribution < 1.29 is 23.9 Å². The maximum Gasteiger partial charge on any atom is 0.371 e. The van der Waals surface area contributed by atoms with E-state index in [4.69, 9.17) is 9.52 Å². The smallest absolute Gasteiger partial charge is 0.371 e. The fourth-order valence-corrected chi connectivity index (χ4v) is 1.61. The number of hydrogen-bond acceptors (Lipinski definition) is 6. The van der Waals surface area contributed by atoms with Crippen molar-refractivity contribution in [2.24, 2.45) is 0 Å². The summed E-state index contributed by atoms with van der Waals surface area (Å²) < 4.78 is 6.27. The van der Waals surface area contributed by atoms with Gasteiger partial charge in [-0.2, -0.15) is 0 Å². The quantitative estimate of drug-likeness (QED) is 0.739. The molecule has 23 heavy (non-hydrogen) atoms. The molecule has 2 amide bonds. The number of carbonyl (C=O) groups excluding carboxylic acids is 2. The molecule has 122 valence electrons. The molecule has 0 aliphatic heterocycles. The van der Waals surface area contributed by atoms with Gasteiger partial charge < -0.3 is 19.7 Å². The van der Waals surface area contributed by atoms with Gasteiger partial charge in [0.05, 0.1) is 12.7 Å². The Labute approximate surface area is 130 Å². The monoisotopic (exact) mass is 321 g/mol. The third-order valence-electron chi connectivity index (χ3n) is 2.86. The lowest BCUT2D eigenvalue weighted by molar-refractivity contribution is -0.129. The largest absolute Gasteiger partial charge is 0.475 e. The second-order valence-corrected chi connectivity index (χ2v) is 4.84. The lowest BCUT2D eigenvalue weighted by Gasteiger charge is -2.08. The number of carboxylic acids is 1. The number of aromatic nitrogens is 3. The number of likely N-dealkylation sites (N-methyl/N-ethyl adjacent to an activating group) is 1. The van der Waals surface area contributed by atoms with Crippen LogP contribution in [-0.2, 0) is 17.9 Å². The van der Waals surface area contributed by atoms with Crippen LogP contribution in [0, 0.1) is 0 Å². The molecule has 0 aliphatic rings. The van der Waals surface area contributed by atoms with Crippen molar-refractivity contribution >= 4 is 17.8 Å². The molecule has 0 aliphatic carbocycles. The Morgan fingerprint density at radius 1 is 1.35 bits per heavy atom. The molecule has 0 unspecified atom stereocenters. The van der Waals surface area contributed by atoms with Gasteiger partial charge in [-0.05, 0) is 12.1 Å². The van der Waals surface area contributed by atoms with E-state index in [1.165, 1.54) is 27.9 Å². The number of aromatic carboxylic acids is 1. The van der Waals surface area contributed by atoms with Crippen LogP contribution in [0.1, 0.15) is 26.8 Å². The molecule has 0 saturated heterocycles. The van der Waals surface area contributed by atoms with Gasteiger partial charge in [-0.25, -0.2) is 9.48 Å². The summed E-state index contributed by atoms with van der Waals surface area (Å²) in [5.74, 6) is -1.79. The molecule has 0 atom stereocenters. The number of rotatable bonds is 6. The van der Waals surface area contributed by atoms with E-state index in [1.807, 2.05) is 0 Å². The number of nitrogens with zero attached hydrogens (tertiary/aromatic N) is 4. The Kier molecular flexibility index (Phi) is 4.74. The minimum Gasteiger partial charge on any atom is -0.475 e. The average molecular weight is 321 g/mol. The number of furan rings is 1. The molecule has 0 saturated carbocycles. The molecular weight excluding hydrogens is 306 g/mol. The maximum atomic E-state index is 11.9. The molecule has 0 radical (unpaired) electrons. The van der Waals surface area contributed by atoms with Gasteiger partial charge >= 0.3 is 5.97 Å². The molecular formula is C13H15N5O5. The van der Waals surface area contributed by atoms with Crippen LogP contribution >= 0.6 is 0 Å². The van der Waals surface area contributed by atoms with Gasteiger partial charge in [0.2, 0.25) is 11.7 Å². The van der Waals surface area contributed by atoms with Crippen molar-refractivity contribution in [1.29, 1.82) is 0 Å². The molecule has 2 N–H and O–H groups in total. The molecule has 2 rings (SSSR count). The average Bonchev–Trinajstić information content (AvgIpc) is 3.13. The number of carboxylic acid groups (broad SMARTS) is 1. The first kappa shape index (κ1) is 16.2. The Morgan fingerprint density at radius 2 is 2.09 bits per heavy atom. The van der Waals surface area contributed by atoms with Gasteiger partial charge in [0.1, 0.15) is 12.3 Å². The Bertz CT molecular complexity index is 733. The summed E-state index contributed by atoms with van der Waals surface area (Å²) in [6, 6.07) is 2.75. The van der Waals surface area contributed by atoms with Crippen molar-refractivity contribution in [1.82, 2.24) is 25.2 Å². The first-order valence-corrected chi connectivity index (χ1v) is 6.57. The summed E-state index contributed by atoms with van der Waals surface area (Å²) in [6.45, 7) is -0.0109. The predicted octanol–water partition coefficient (Wildman–Crippen LogP) is -0.412. The Hall–Kier alpha value is -3.17. The molecule has 0 fully saturated rings. The molecule has 10 nitrogen and oxygen atoms in total. The van der Waals surface area contributed by atoms with Crippen LogP contribution < -0.4 is 5.32 Å². The molecule has 0 spiro atoms. The number of nitrogens with one attached hydrogen (secondary N) is 1. The summed E-state index contributed by atoms with van der Waals surface area (Å²) >= 11 is 0. The van der Waals surface area contributed by atoms with Gasteiger partial charge in [-0.3, -0.25) is 9.59 Å². The second kappa shape index (κ2) is 6.73. The van der Waals surface area contributed by atoms with Crippen LogP contribution in [0.25, 0.3) is 0 Å². The van der Waals surface area contributed by atoms with Crippen molar-refractivity contribution in [3.63, 3.8) is 0 Å². The van der Waals surface area contributed by atoms with Crippen molar-refractivity contribution in [3.05, 3.63) is 35.5 Å². The zero-order valence-electron chi connectivity index (χ0n) is 12.5. The Balaban J connectivity index is 1.91. The predicted molar refractivity (Wildman–Crippen MR) is 75.6 cm³/mol. The number of carbonyl (C=O) groups is 3. The number of hydrogen-bond donors (Lipinski definition) is 2. The number of amides is 2. The van der Waals surface area contributed by atoms with Gasteiger partial charge in [0.25, 0.3) is 5.91 Å². The third-order valence-corrected chi connectivity index (χ3v) is 2.86. The van der Waals surface area contributed by atoms with Crippen LogP contribution in [0.15, 0.2) is 22.7 Å². The third kappa shape index (κ3) is 4.15. The van der Waals surface area contributed by atoms with Gasteiger partial charge in [0.15, 0.2) is 5.69 Å². The standard InChI is InChI=1S/C13H15N5O5/c1-17(2)11(19)7-18-6-9(15-16-18)12(20)14-5-8-3-4-10(23-8)13(21)22/h3-4,6H,5,7H2,1-2H3,(H,14,20)(H,21,22). The van der Waals surface area contributed by atoms with E-state index in [0.29, 0.717) is 5.76 Å². The first-order valence-electron chi connectivity index (χ1n) is 6.57. The van der Waals surface area contributed by atoms with E-state index in [1.54, 1.807) is 14.1 Å². The van der Waals surface area contributed by atoms with E-state index in [9.17, 15) is 14.4 Å². The van der Waals surface area contributed by atoms with E-state index >= 15 is 0 Å². The highest BCUT2D eigenvalue weighted by Gasteiger charge is 2.14. The fraction of sp³-hybridized carbons (Fsp3) is 0.308. The minimum atomic E-state index is -1.18. The highest BCUT2D eigenvalue weighted by Crippen LogP contribution is 2.07. The summed E-state index contributed by atoms with van der Waals surface area (Å²) in [5.41, 5.74) is 0.0431. The zero-order valence-corrected chi connectivity index (χ0v) is 12.5. The molecule has 2 aromatic heterocycles. The van der Waals surface area contributed by atoms with Gasteiger partial charge in [-0.15, -0.1) is 5.10 Å². The summed E-state index contributed by atoms with van der Waals surface area (Å²) in [6.07, 6.45) is 1.35. The SMILES string of the molecule is CN(C)C(=O)Cn1cc(C(=O)NCc2ccc(C(=O)O)o2)nn1. The second-order valence-electron chi connectivity index (χ2n) is 4.84. The molecule has 10 heteroatoms. The minimum absolute atomic E-state index is 0.00953.